The van der Waals surface area contributed by atoms with E-state index in [2.05, 4.69) is 15.9 Å². The van der Waals surface area contributed by atoms with Crippen molar-refractivity contribution in [1.29, 1.82) is 0 Å². The lowest BCUT2D eigenvalue weighted by Gasteiger charge is -2.66. The first-order valence-corrected chi connectivity index (χ1v) is 12.0. The van der Waals surface area contributed by atoms with Crippen molar-refractivity contribution in [3.63, 3.8) is 0 Å². The van der Waals surface area contributed by atoms with Crippen molar-refractivity contribution in [2.24, 2.45) is 28.1 Å². The van der Waals surface area contributed by atoms with E-state index >= 15 is 0 Å². The second kappa shape index (κ2) is 7.06. The number of hydrogen-bond donors (Lipinski definition) is 3. The molecule has 4 aliphatic rings. The largest absolute Gasteiger partial charge is 0.392 e. The van der Waals surface area contributed by atoms with E-state index in [-0.39, 0.29) is 41.6 Å². The molecule has 0 aliphatic heterocycles. The molecule has 166 valence electrons. The summed E-state index contributed by atoms with van der Waals surface area (Å²) in [6.07, 6.45) is 3.74. The number of carbonyl (C=O) groups excluding carboxylic acids is 3. The van der Waals surface area contributed by atoms with Crippen LogP contribution in [-0.4, -0.2) is 56.3 Å². The van der Waals surface area contributed by atoms with Crippen LogP contribution in [0.1, 0.15) is 58.8 Å². The summed E-state index contributed by atoms with van der Waals surface area (Å²) in [5.74, 6) is -0.924. The summed E-state index contributed by atoms with van der Waals surface area (Å²) in [6, 6.07) is 0. The first kappa shape index (κ1) is 22.3. The molecule has 0 amide bonds. The molecule has 7 atom stereocenters. The normalized spacial score (nSPS) is 47.7. The van der Waals surface area contributed by atoms with Crippen molar-refractivity contribution >= 4 is 33.3 Å². The van der Waals surface area contributed by atoms with E-state index in [1.807, 2.05) is 13.8 Å². The van der Waals surface area contributed by atoms with Crippen LogP contribution in [-0.2, 0) is 14.4 Å². The van der Waals surface area contributed by atoms with Crippen LogP contribution in [0.2, 0.25) is 0 Å². The van der Waals surface area contributed by atoms with E-state index in [0.717, 1.165) is 5.57 Å². The first-order chi connectivity index (χ1) is 14.0. The van der Waals surface area contributed by atoms with Crippen molar-refractivity contribution in [2.45, 2.75) is 70.5 Å². The molecule has 0 radical (unpaired) electrons. The molecule has 0 aromatic heterocycles. The Morgan fingerprint density at radius 3 is 2.47 bits per heavy atom. The van der Waals surface area contributed by atoms with Crippen LogP contribution in [0.3, 0.4) is 0 Å². The van der Waals surface area contributed by atoms with Gasteiger partial charge in [-0.25, -0.2) is 0 Å². The van der Waals surface area contributed by atoms with Crippen molar-refractivity contribution in [3.05, 3.63) is 11.6 Å². The predicted molar refractivity (Wildman–Crippen MR) is 113 cm³/mol. The molecule has 6 nitrogen and oxygen atoms in total. The Morgan fingerprint density at radius 1 is 1.13 bits per heavy atom. The van der Waals surface area contributed by atoms with Gasteiger partial charge in [-0.15, -0.1) is 0 Å². The van der Waals surface area contributed by atoms with Gasteiger partial charge in [0.25, 0.3) is 0 Å². The summed E-state index contributed by atoms with van der Waals surface area (Å²) in [4.78, 5) is 38.3. The summed E-state index contributed by atoms with van der Waals surface area (Å²) >= 11 is 3.35. The smallest absolute Gasteiger partial charge is 0.190 e. The number of alkyl halides is 1. The molecule has 0 heterocycles. The van der Waals surface area contributed by atoms with Gasteiger partial charge < -0.3 is 15.3 Å². The van der Waals surface area contributed by atoms with Crippen LogP contribution in [0, 0.1) is 28.1 Å². The molecule has 30 heavy (non-hydrogen) atoms. The Hall–Kier alpha value is -0.890. The number of ketones is 3. The maximum atomic E-state index is 13.6. The fraction of sp³-hybridized carbons (Fsp3) is 0.783. The van der Waals surface area contributed by atoms with Gasteiger partial charge in [0.1, 0.15) is 12.2 Å². The molecular weight excluding hydrogens is 452 g/mol. The quantitative estimate of drug-likeness (QED) is 0.529. The van der Waals surface area contributed by atoms with Gasteiger partial charge in [-0.1, -0.05) is 35.4 Å². The van der Waals surface area contributed by atoms with Crippen LogP contribution in [0.15, 0.2) is 11.6 Å². The topological polar surface area (TPSA) is 112 Å². The standard InChI is InChI=1S/C23H31BrO6/c1-20-7-5-14(26)9-13(20)3-4-16-15-6-8-22(30,19(29)12-25)21(15,2)10-17(27)23(16,20)18(28)11-24/h9,15-17,25,27,30H,3-8,10-12H2,1-2H3/t15-,16-,17-,20-,21-,22-,23+/m0/s1. The van der Waals surface area contributed by atoms with E-state index in [1.54, 1.807) is 6.08 Å². The van der Waals surface area contributed by atoms with E-state index in [1.165, 1.54) is 0 Å². The second-order valence-electron chi connectivity index (χ2n) is 10.3. The van der Waals surface area contributed by atoms with Crippen LogP contribution in [0.5, 0.6) is 0 Å². The lowest BCUT2D eigenvalue weighted by Crippen LogP contribution is -2.70. The third-order valence-corrected chi connectivity index (χ3v) is 10.0. The van der Waals surface area contributed by atoms with Gasteiger partial charge in [-0.3, -0.25) is 14.4 Å². The minimum absolute atomic E-state index is 0.0616. The fourth-order valence-corrected chi connectivity index (χ4v) is 8.53. The molecule has 3 N–H and O–H groups in total. The van der Waals surface area contributed by atoms with Crippen LogP contribution < -0.4 is 0 Å². The van der Waals surface area contributed by atoms with Gasteiger partial charge in [0.2, 0.25) is 0 Å². The fourth-order valence-electron chi connectivity index (χ4n) is 8.06. The number of aliphatic hydroxyl groups is 3. The van der Waals surface area contributed by atoms with Gasteiger partial charge in [0.15, 0.2) is 17.3 Å². The van der Waals surface area contributed by atoms with Gasteiger partial charge >= 0.3 is 0 Å². The molecule has 7 heteroatoms. The molecule has 0 saturated heterocycles. The average molecular weight is 483 g/mol. The Labute approximate surface area is 185 Å². The number of allylic oxidation sites excluding steroid dienone is 1. The van der Waals surface area contributed by atoms with E-state index < -0.39 is 40.3 Å². The van der Waals surface area contributed by atoms with Crippen LogP contribution in [0.25, 0.3) is 0 Å². The molecular formula is C23H31BrO6. The van der Waals surface area contributed by atoms with E-state index in [9.17, 15) is 29.7 Å². The van der Waals surface area contributed by atoms with Crippen LogP contribution >= 0.6 is 15.9 Å². The molecule has 0 aromatic carbocycles. The monoisotopic (exact) mass is 482 g/mol. The highest BCUT2D eigenvalue weighted by Crippen LogP contribution is 2.72. The minimum Gasteiger partial charge on any atom is -0.392 e. The number of carbonyl (C=O) groups is 3. The van der Waals surface area contributed by atoms with Crippen molar-refractivity contribution in [1.82, 2.24) is 0 Å². The lowest BCUT2D eigenvalue weighted by molar-refractivity contribution is -0.217. The molecule has 3 saturated carbocycles. The summed E-state index contributed by atoms with van der Waals surface area (Å²) in [5, 5.41) is 32.6. The summed E-state index contributed by atoms with van der Waals surface area (Å²) in [5.41, 5.74) is -3.34. The molecule has 0 spiro atoms. The number of hydrogen-bond acceptors (Lipinski definition) is 6. The highest BCUT2D eigenvalue weighted by molar-refractivity contribution is 9.09. The maximum Gasteiger partial charge on any atom is 0.190 e. The number of aliphatic hydroxyl groups excluding tert-OH is 2. The SMILES string of the molecule is C[C@]12CCC(=O)C=C1CC[C@H]1[C@@H]3CC[C@](O)(C(=O)CO)[C@@]3(C)C[C@H](O)[C@@]12C(=O)CBr. The second-order valence-corrected chi connectivity index (χ2v) is 10.8. The molecule has 0 bridgehead atoms. The number of Topliss-reactive ketones (excluding diaryl/α,β-unsaturated/α-hetero) is 2. The van der Waals surface area contributed by atoms with Crippen molar-refractivity contribution in [2.75, 3.05) is 11.9 Å². The number of halogens is 1. The zero-order chi connectivity index (χ0) is 22.1. The molecule has 4 aliphatic carbocycles. The molecule has 0 aromatic rings. The van der Waals surface area contributed by atoms with Crippen LogP contribution in [0.4, 0.5) is 0 Å². The highest BCUT2D eigenvalue weighted by Gasteiger charge is 2.75. The van der Waals surface area contributed by atoms with Gasteiger partial charge in [-0.05, 0) is 56.4 Å². The lowest BCUT2D eigenvalue weighted by atomic mass is 9.37. The van der Waals surface area contributed by atoms with Gasteiger partial charge in [-0.2, -0.15) is 0 Å². The zero-order valence-corrected chi connectivity index (χ0v) is 19.2. The van der Waals surface area contributed by atoms with E-state index in [4.69, 9.17) is 0 Å². The molecule has 0 unspecified atom stereocenters. The average Bonchev–Trinajstić information content (AvgIpc) is 2.98. The maximum absolute atomic E-state index is 13.6. The summed E-state index contributed by atoms with van der Waals surface area (Å²) in [7, 11) is 0. The minimum atomic E-state index is -1.70. The number of rotatable bonds is 4. The van der Waals surface area contributed by atoms with Gasteiger partial charge in [0.05, 0.1) is 16.8 Å². The van der Waals surface area contributed by atoms with Crippen molar-refractivity contribution < 1.29 is 29.7 Å². The Bertz CT molecular complexity index is 838. The summed E-state index contributed by atoms with van der Waals surface area (Å²) in [6.45, 7) is 3.11. The first-order valence-electron chi connectivity index (χ1n) is 10.9. The Morgan fingerprint density at radius 2 is 1.83 bits per heavy atom. The predicted octanol–water partition coefficient (Wildman–Crippen LogP) is 2.12. The Kier molecular flexibility index (Phi) is 5.25. The third kappa shape index (κ3) is 2.44. The third-order valence-electron chi connectivity index (χ3n) is 9.53. The van der Waals surface area contributed by atoms with E-state index in [0.29, 0.717) is 32.1 Å². The molecule has 3 fully saturated rings. The van der Waals surface area contributed by atoms with Gasteiger partial charge in [0, 0.05) is 17.3 Å². The summed E-state index contributed by atoms with van der Waals surface area (Å²) < 4.78 is 0. The Balaban J connectivity index is 1.90. The molecule has 4 rings (SSSR count). The zero-order valence-electron chi connectivity index (χ0n) is 17.6. The van der Waals surface area contributed by atoms with Crippen molar-refractivity contribution in [3.8, 4) is 0 Å². The highest BCUT2D eigenvalue weighted by atomic mass is 79.9. The number of fused-ring (bicyclic) bond motifs is 5.